The van der Waals surface area contributed by atoms with E-state index in [4.69, 9.17) is 4.74 Å². The van der Waals surface area contributed by atoms with Crippen molar-refractivity contribution in [1.82, 2.24) is 14.5 Å². The van der Waals surface area contributed by atoms with E-state index in [1.165, 1.54) is 0 Å². The van der Waals surface area contributed by atoms with Gasteiger partial charge in [-0.3, -0.25) is 9.69 Å². The van der Waals surface area contributed by atoms with Gasteiger partial charge in [-0.2, -0.15) is 0 Å². The molecule has 29 heavy (non-hydrogen) atoms. The van der Waals surface area contributed by atoms with E-state index in [2.05, 4.69) is 14.5 Å². The van der Waals surface area contributed by atoms with Crippen molar-refractivity contribution in [2.45, 2.75) is 6.54 Å². The van der Waals surface area contributed by atoms with Gasteiger partial charge in [0.25, 0.3) is 0 Å². The number of carbonyl (C=O) groups is 1. The molecule has 2 aromatic carbocycles. The first-order valence-corrected chi connectivity index (χ1v) is 10.1. The quantitative estimate of drug-likeness (QED) is 0.491. The van der Waals surface area contributed by atoms with Gasteiger partial charge in [0.2, 0.25) is 0 Å². The Morgan fingerprint density at radius 1 is 0.897 bits per heavy atom. The highest BCUT2D eigenvalue weighted by molar-refractivity contribution is 6.21. The fraction of sp³-hybridized carbons (Fsp3) is 0.250. The van der Waals surface area contributed by atoms with Crippen LogP contribution >= 0.6 is 0 Å². The lowest BCUT2D eigenvalue weighted by molar-refractivity contribution is 0.0365. The molecule has 4 aromatic rings. The molecule has 0 spiro atoms. The summed E-state index contributed by atoms with van der Waals surface area (Å²) in [5.74, 6) is 0.0462. The lowest BCUT2D eigenvalue weighted by Gasteiger charge is -2.26. The summed E-state index contributed by atoms with van der Waals surface area (Å²) < 4.78 is 7.55. The number of morpholine rings is 1. The molecule has 1 aliphatic rings. The normalized spacial score (nSPS) is 15.2. The molecule has 0 bridgehead atoms. The maximum atomic E-state index is 13.5. The lowest BCUT2D eigenvalue weighted by Crippen LogP contribution is -2.38. The molecule has 1 fully saturated rings. The Hall–Kier alpha value is -3.02. The first-order valence-electron chi connectivity index (χ1n) is 10.1. The fourth-order valence-electron chi connectivity index (χ4n) is 4.12. The van der Waals surface area contributed by atoms with E-state index in [0.717, 1.165) is 66.8 Å². The molecular weight excluding hydrogens is 362 g/mol. The van der Waals surface area contributed by atoms with Crippen molar-refractivity contribution >= 4 is 27.6 Å². The van der Waals surface area contributed by atoms with Crippen molar-refractivity contribution in [2.75, 3.05) is 32.8 Å². The van der Waals surface area contributed by atoms with Gasteiger partial charge in [0, 0.05) is 55.1 Å². The van der Waals surface area contributed by atoms with Crippen molar-refractivity contribution in [3.63, 3.8) is 0 Å². The van der Waals surface area contributed by atoms with Crippen LogP contribution in [0.4, 0.5) is 0 Å². The summed E-state index contributed by atoms with van der Waals surface area (Å²) in [6.45, 7) is 5.20. The predicted molar refractivity (Wildman–Crippen MR) is 114 cm³/mol. The monoisotopic (exact) mass is 385 g/mol. The number of rotatable bonds is 5. The van der Waals surface area contributed by atoms with Gasteiger partial charge < -0.3 is 9.30 Å². The van der Waals surface area contributed by atoms with Crippen LogP contribution in [0, 0.1) is 0 Å². The van der Waals surface area contributed by atoms with Crippen molar-refractivity contribution < 1.29 is 9.53 Å². The van der Waals surface area contributed by atoms with Gasteiger partial charge in [-0.15, -0.1) is 0 Å². The smallest absolute Gasteiger partial charge is 0.195 e. The number of fused-ring (bicyclic) bond motifs is 2. The van der Waals surface area contributed by atoms with Crippen molar-refractivity contribution in [2.24, 2.45) is 0 Å². The first-order chi connectivity index (χ1) is 14.3. The molecule has 5 nitrogen and oxygen atoms in total. The summed E-state index contributed by atoms with van der Waals surface area (Å²) >= 11 is 0. The van der Waals surface area contributed by atoms with Crippen LogP contribution in [0.5, 0.6) is 0 Å². The number of nitrogens with zero attached hydrogens (tertiary/aromatic N) is 3. The topological polar surface area (TPSA) is 47.4 Å². The number of ketones is 1. The first kappa shape index (κ1) is 18.0. The highest BCUT2D eigenvalue weighted by Crippen LogP contribution is 2.26. The number of benzene rings is 2. The zero-order valence-electron chi connectivity index (χ0n) is 16.3. The predicted octanol–water partition coefficient (Wildman–Crippen LogP) is 3.75. The molecule has 0 unspecified atom stereocenters. The number of hydrogen-bond acceptors (Lipinski definition) is 4. The van der Waals surface area contributed by atoms with Crippen molar-refractivity contribution in [3.05, 3.63) is 78.1 Å². The van der Waals surface area contributed by atoms with Gasteiger partial charge in [-0.1, -0.05) is 42.5 Å². The van der Waals surface area contributed by atoms with E-state index in [1.807, 2.05) is 60.8 Å². The number of aromatic nitrogens is 2. The van der Waals surface area contributed by atoms with Crippen LogP contribution in [0.1, 0.15) is 15.9 Å². The minimum absolute atomic E-state index is 0.0462. The SMILES string of the molecule is O=C(c1cccc2ccccc12)c1cn(CCN2CCOCC2)c2ncccc12. The van der Waals surface area contributed by atoms with Gasteiger partial charge in [-0.05, 0) is 22.9 Å². The van der Waals surface area contributed by atoms with Gasteiger partial charge in [0.15, 0.2) is 5.78 Å². The Morgan fingerprint density at radius 3 is 2.59 bits per heavy atom. The largest absolute Gasteiger partial charge is 0.379 e. The maximum absolute atomic E-state index is 13.5. The zero-order valence-corrected chi connectivity index (χ0v) is 16.3. The molecular formula is C24H23N3O2. The Kier molecular flexibility index (Phi) is 4.84. The third-order valence-electron chi connectivity index (χ3n) is 5.67. The summed E-state index contributed by atoms with van der Waals surface area (Å²) in [7, 11) is 0. The standard InChI is InChI=1S/C24H23N3O2/c28-23(20-8-3-6-18-5-1-2-7-19(18)20)22-17-27(24-21(22)9-4-10-25-24)12-11-26-13-15-29-16-14-26/h1-10,17H,11-16H2. The van der Waals surface area contributed by atoms with Crippen LogP contribution < -0.4 is 0 Å². The van der Waals surface area contributed by atoms with Crippen LogP contribution in [-0.2, 0) is 11.3 Å². The molecule has 3 heterocycles. The summed E-state index contributed by atoms with van der Waals surface area (Å²) in [6.07, 6.45) is 3.77. The molecule has 0 atom stereocenters. The summed E-state index contributed by atoms with van der Waals surface area (Å²) in [4.78, 5) is 20.5. The van der Waals surface area contributed by atoms with E-state index in [9.17, 15) is 4.79 Å². The molecule has 2 aromatic heterocycles. The molecule has 0 aliphatic carbocycles. The number of ether oxygens (including phenoxy) is 1. The minimum atomic E-state index is 0.0462. The molecule has 0 saturated carbocycles. The number of carbonyl (C=O) groups excluding carboxylic acids is 1. The Morgan fingerprint density at radius 2 is 1.69 bits per heavy atom. The van der Waals surface area contributed by atoms with E-state index in [1.54, 1.807) is 6.20 Å². The fourth-order valence-corrected chi connectivity index (χ4v) is 4.12. The molecule has 1 aliphatic heterocycles. The van der Waals surface area contributed by atoms with Crippen molar-refractivity contribution in [3.8, 4) is 0 Å². The molecule has 0 amide bonds. The van der Waals surface area contributed by atoms with Crippen LogP contribution in [0.25, 0.3) is 21.8 Å². The van der Waals surface area contributed by atoms with Crippen LogP contribution in [-0.4, -0.2) is 53.1 Å². The average molecular weight is 385 g/mol. The Bertz CT molecular complexity index is 1170. The summed E-state index contributed by atoms with van der Waals surface area (Å²) in [5, 5.41) is 2.97. The third kappa shape index (κ3) is 3.43. The minimum Gasteiger partial charge on any atom is -0.379 e. The van der Waals surface area contributed by atoms with E-state index in [0.29, 0.717) is 5.56 Å². The van der Waals surface area contributed by atoms with Gasteiger partial charge in [0.1, 0.15) is 5.65 Å². The molecule has 146 valence electrons. The van der Waals surface area contributed by atoms with E-state index in [-0.39, 0.29) is 5.78 Å². The lowest BCUT2D eigenvalue weighted by atomic mass is 9.97. The van der Waals surface area contributed by atoms with Crippen molar-refractivity contribution in [1.29, 1.82) is 0 Å². The van der Waals surface area contributed by atoms with Crippen LogP contribution in [0.15, 0.2) is 67.0 Å². The van der Waals surface area contributed by atoms with Crippen LogP contribution in [0.2, 0.25) is 0 Å². The second-order valence-corrected chi connectivity index (χ2v) is 7.42. The van der Waals surface area contributed by atoms with E-state index < -0.39 is 0 Å². The molecule has 0 radical (unpaired) electrons. The van der Waals surface area contributed by atoms with Gasteiger partial charge >= 0.3 is 0 Å². The van der Waals surface area contributed by atoms with Crippen LogP contribution in [0.3, 0.4) is 0 Å². The Labute approximate surface area is 169 Å². The third-order valence-corrected chi connectivity index (χ3v) is 5.67. The molecule has 5 rings (SSSR count). The second-order valence-electron chi connectivity index (χ2n) is 7.42. The summed E-state index contributed by atoms with van der Waals surface area (Å²) in [6, 6.07) is 17.8. The summed E-state index contributed by atoms with van der Waals surface area (Å²) in [5.41, 5.74) is 2.31. The number of pyridine rings is 1. The van der Waals surface area contributed by atoms with E-state index >= 15 is 0 Å². The highest BCUT2D eigenvalue weighted by atomic mass is 16.5. The number of hydrogen-bond donors (Lipinski definition) is 0. The highest BCUT2D eigenvalue weighted by Gasteiger charge is 2.19. The molecule has 0 N–H and O–H groups in total. The molecule has 5 heteroatoms. The average Bonchev–Trinajstić information content (AvgIpc) is 3.16. The van der Waals surface area contributed by atoms with Gasteiger partial charge in [-0.25, -0.2) is 4.98 Å². The second kappa shape index (κ2) is 7.78. The van der Waals surface area contributed by atoms with Gasteiger partial charge in [0.05, 0.1) is 13.2 Å². The molecule has 1 saturated heterocycles. The zero-order chi connectivity index (χ0) is 19.6. The maximum Gasteiger partial charge on any atom is 0.195 e. The Balaban J connectivity index is 1.52.